The highest BCUT2D eigenvalue weighted by atomic mass is 16.4. The van der Waals surface area contributed by atoms with Gasteiger partial charge in [-0.25, -0.2) is 9.78 Å². The largest absolute Gasteiger partial charge is 0.476 e. The number of hydrogen-bond donors (Lipinski definition) is 1. The van der Waals surface area contributed by atoms with Crippen LogP contribution in [0.3, 0.4) is 0 Å². The van der Waals surface area contributed by atoms with E-state index < -0.39 is 5.97 Å². The van der Waals surface area contributed by atoms with Crippen molar-refractivity contribution in [2.45, 2.75) is 26.7 Å². The molecule has 16 heavy (non-hydrogen) atoms. The van der Waals surface area contributed by atoms with E-state index in [9.17, 15) is 4.79 Å². The number of fused-ring (bicyclic) bond motifs is 1. The Morgan fingerprint density at radius 1 is 1.50 bits per heavy atom. The van der Waals surface area contributed by atoms with E-state index in [1.807, 2.05) is 23.5 Å². The molecule has 4 nitrogen and oxygen atoms in total. The third kappa shape index (κ3) is 1.56. The maximum absolute atomic E-state index is 11.1. The van der Waals surface area contributed by atoms with Crippen molar-refractivity contribution in [3.8, 4) is 0 Å². The van der Waals surface area contributed by atoms with Gasteiger partial charge in [-0.2, -0.15) is 0 Å². The van der Waals surface area contributed by atoms with E-state index in [-0.39, 0.29) is 5.69 Å². The minimum atomic E-state index is -0.967. The monoisotopic (exact) mass is 218 g/mol. The number of nitrogens with zero attached hydrogens (tertiary/aromatic N) is 2. The van der Waals surface area contributed by atoms with Crippen LogP contribution in [0.5, 0.6) is 0 Å². The minimum Gasteiger partial charge on any atom is -0.476 e. The van der Waals surface area contributed by atoms with E-state index in [0.29, 0.717) is 5.52 Å². The lowest BCUT2D eigenvalue weighted by molar-refractivity contribution is 0.0693. The molecule has 84 valence electrons. The Kier molecular flexibility index (Phi) is 2.64. The second-order valence-corrected chi connectivity index (χ2v) is 3.82. The molecule has 2 aromatic heterocycles. The van der Waals surface area contributed by atoms with Crippen LogP contribution in [0.2, 0.25) is 0 Å². The standard InChI is InChI=1S/C12H14N2O2/c1-3-5-10-13-11(12(15)16)9-7-4-6-8(2)14(9)10/h4,6-7H,3,5H2,1-2H3,(H,15,16). The van der Waals surface area contributed by atoms with Gasteiger partial charge in [-0.1, -0.05) is 13.0 Å². The van der Waals surface area contributed by atoms with Gasteiger partial charge in [-0.05, 0) is 25.5 Å². The molecule has 0 aliphatic carbocycles. The Balaban J connectivity index is 2.76. The Morgan fingerprint density at radius 3 is 2.88 bits per heavy atom. The molecule has 0 fully saturated rings. The van der Waals surface area contributed by atoms with Crippen LogP contribution in [-0.4, -0.2) is 20.5 Å². The molecule has 0 atom stereocenters. The number of aromatic nitrogens is 2. The number of carbonyl (C=O) groups is 1. The molecule has 0 radical (unpaired) electrons. The summed E-state index contributed by atoms with van der Waals surface area (Å²) in [4.78, 5) is 15.3. The van der Waals surface area contributed by atoms with Crippen LogP contribution < -0.4 is 0 Å². The van der Waals surface area contributed by atoms with Crippen molar-refractivity contribution in [2.24, 2.45) is 0 Å². The first kappa shape index (κ1) is 10.7. The summed E-state index contributed by atoms with van der Waals surface area (Å²) in [5.74, 6) is -0.140. The van der Waals surface area contributed by atoms with Gasteiger partial charge in [-0.3, -0.25) is 0 Å². The fraction of sp³-hybridized carbons (Fsp3) is 0.333. The van der Waals surface area contributed by atoms with Crippen molar-refractivity contribution in [1.29, 1.82) is 0 Å². The molecule has 1 N–H and O–H groups in total. The Hall–Kier alpha value is -1.84. The third-order valence-corrected chi connectivity index (χ3v) is 2.60. The van der Waals surface area contributed by atoms with Gasteiger partial charge in [0, 0.05) is 12.1 Å². The SMILES string of the molecule is CCCc1nc(C(=O)O)c2cccc(C)n12. The van der Waals surface area contributed by atoms with Crippen LogP contribution in [0, 0.1) is 6.92 Å². The van der Waals surface area contributed by atoms with Gasteiger partial charge in [0.05, 0.1) is 5.52 Å². The summed E-state index contributed by atoms with van der Waals surface area (Å²) in [6.45, 7) is 4.01. The highest BCUT2D eigenvalue weighted by Gasteiger charge is 2.16. The molecule has 0 aliphatic heterocycles. The molecule has 0 aromatic carbocycles. The molecule has 0 aliphatic rings. The summed E-state index contributed by atoms with van der Waals surface area (Å²) in [6.07, 6.45) is 1.74. The second kappa shape index (κ2) is 3.96. The van der Waals surface area contributed by atoms with E-state index in [2.05, 4.69) is 11.9 Å². The van der Waals surface area contributed by atoms with Crippen molar-refractivity contribution in [2.75, 3.05) is 0 Å². The van der Waals surface area contributed by atoms with Crippen LogP contribution in [-0.2, 0) is 6.42 Å². The average Bonchev–Trinajstić information content (AvgIpc) is 2.59. The second-order valence-electron chi connectivity index (χ2n) is 3.82. The zero-order chi connectivity index (χ0) is 11.7. The van der Waals surface area contributed by atoms with Crippen molar-refractivity contribution in [1.82, 2.24) is 9.38 Å². The van der Waals surface area contributed by atoms with Crippen molar-refractivity contribution >= 4 is 11.5 Å². The van der Waals surface area contributed by atoms with Crippen LogP contribution in [0.1, 0.15) is 35.4 Å². The quantitative estimate of drug-likeness (QED) is 0.859. The summed E-state index contributed by atoms with van der Waals surface area (Å²) >= 11 is 0. The number of aromatic carboxylic acids is 1. The molecule has 2 aromatic rings. The molecular weight excluding hydrogens is 204 g/mol. The molecular formula is C12H14N2O2. The zero-order valence-electron chi connectivity index (χ0n) is 9.40. The fourth-order valence-corrected chi connectivity index (χ4v) is 1.93. The van der Waals surface area contributed by atoms with Crippen LogP contribution >= 0.6 is 0 Å². The fourth-order valence-electron chi connectivity index (χ4n) is 1.93. The normalized spacial score (nSPS) is 10.9. The van der Waals surface area contributed by atoms with E-state index >= 15 is 0 Å². The number of aryl methyl sites for hydroxylation is 2. The van der Waals surface area contributed by atoms with Crippen molar-refractivity contribution in [3.63, 3.8) is 0 Å². The first-order valence-corrected chi connectivity index (χ1v) is 5.35. The lowest BCUT2D eigenvalue weighted by Gasteiger charge is -2.03. The number of hydrogen-bond acceptors (Lipinski definition) is 2. The highest BCUT2D eigenvalue weighted by molar-refractivity contribution is 5.93. The Bertz CT molecular complexity index is 543. The van der Waals surface area contributed by atoms with Gasteiger partial charge in [0.15, 0.2) is 5.69 Å². The number of carboxylic acids is 1. The van der Waals surface area contributed by atoms with Crippen molar-refractivity contribution in [3.05, 3.63) is 35.4 Å². The van der Waals surface area contributed by atoms with Gasteiger partial charge in [-0.15, -0.1) is 0 Å². The van der Waals surface area contributed by atoms with Crippen LogP contribution in [0.4, 0.5) is 0 Å². The molecule has 0 amide bonds. The molecule has 4 heteroatoms. The number of rotatable bonds is 3. The zero-order valence-corrected chi connectivity index (χ0v) is 9.40. The maximum Gasteiger partial charge on any atom is 0.356 e. The van der Waals surface area contributed by atoms with Crippen molar-refractivity contribution < 1.29 is 9.90 Å². The molecule has 2 rings (SSSR count). The van der Waals surface area contributed by atoms with Gasteiger partial charge in [0.1, 0.15) is 5.82 Å². The predicted molar refractivity (Wildman–Crippen MR) is 60.9 cm³/mol. The smallest absolute Gasteiger partial charge is 0.356 e. The topological polar surface area (TPSA) is 54.6 Å². The number of pyridine rings is 1. The first-order valence-electron chi connectivity index (χ1n) is 5.35. The minimum absolute atomic E-state index is 0.146. The van der Waals surface area contributed by atoms with E-state index in [4.69, 9.17) is 5.11 Å². The van der Waals surface area contributed by atoms with Gasteiger partial charge in [0.2, 0.25) is 0 Å². The molecule has 0 spiro atoms. The lowest BCUT2D eigenvalue weighted by Crippen LogP contribution is -1.97. The summed E-state index contributed by atoms with van der Waals surface area (Å²) in [7, 11) is 0. The summed E-state index contributed by atoms with van der Waals surface area (Å²) in [5, 5.41) is 9.08. The summed E-state index contributed by atoms with van der Waals surface area (Å²) in [5.41, 5.74) is 1.84. The highest BCUT2D eigenvalue weighted by Crippen LogP contribution is 2.16. The molecule has 0 bridgehead atoms. The third-order valence-electron chi connectivity index (χ3n) is 2.60. The molecule has 2 heterocycles. The molecule has 0 saturated carbocycles. The maximum atomic E-state index is 11.1. The first-order chi connectivity index (χ1) is 7.65. The predicted octanol–water partition coefficient (Wildman–Crippen LogP) is 2.29. The van der Waals surface area contributed by atoms with E-state index in [1.165, 1.54) is 0 Å². The van der Waals surface area contributed by atoms with Gasteiger partial charge < -0.3 is 9.51 Å². The Morgan fingerprint density at radius 2 is 2.25 bits per heavy atom. The number of imidazole rings is 1. The van der Waals surface area contributed by atoms with E-state index in [1.54, 1.807) is 6.07 Å². The Labute approximate surface area is 93.5 Å². The van der Waals surface area contributed by atoms with Gasteiger partial charge in [0.25, 0.3) is 0 Å². The average molecular weight is 218 g/mol. The van der Waals surface area contributed by atoms with Gasteiger partial charge >= 0.3 is 5.97 Å². The van der Waals surface area contributed by atoms with Crippen LogP contribution in [0.15, 0.2) is 18.2 Å². The van der Waals surface area contributed by atoms with Crippen LogP contribution in [0.25, 0.3) is 5.52 Å². The molecule has 0 unspecified atom stereocenters. The number of carboxylic acid groups (broad SMARTS) is 1. The van der Waals surface area contributed by atoms with E-state index in [0.717, 1.165) is 24.4 Å². The lowest BCUT2D eigenvalue weighted by atomic mass is 10.3. The molecule has 0 saturated heterocycles. The summed E-state index contributed by atoms with van der Waals surface area (Å²) < 4.78 is 1.92. The summed E-state index contributed by atoms with van der Waals surface area (Å²) in [6, 6.07) is 5.61.